The molecule has 3 aliphatic rings. The summed E-state index contributed by atoms with van der Waals surface area (Å²) in [5.74, 6) is 1.58. The summed E-state index contributed by atoms with van der Waals surface area (Å²) in [5.41, 5.74) is 1.82. The van der Waals surface area contributed by atoms with Crippen LogP contribution in [-0.2, 0) is 0 Å². The third-order valence-corrected chi connectivity index (χ3v) is 6.47. The Hall–Kier alpha value is -3.83. The first-order valence-electron chi connectivity index (χ1n) is 11.3. The number of halogens is 2. The highest BCUT2D eigenvalue weighted by atomic mass is 19.1. The maximum absolute atomic E-state index is 15.4. The van der Waals surface area contributed by atoms with Crippen molar-refractivity contribution >= 4 is 24.7 Å². The molecule has 0 spiro atoms. The lowest BCUT2D eigenvalue weighted by molar-refractivity contribution is 0.241. The van der Waals surface area contributed by atoms with Crippen molar-refractivity contribution < 1.29 is 13.9 Å². The Morgan fingerprint density at radius 3 is 2.66 bits per heavy atom. The average molecular weight is 476 g/mol. The SMILES string of the molecule is C#Cc1c(F)ccc(/C=C(O)\C=C\C2=C(F)C(=NC)/C(=C(\N=C)N3CC4CCC(C3)N4)C=N2)c1C. The van der Waals surface area contributed by atoms with Crippen LogP contribution < -0.4 is 5.32 Å². The van der Waals surface area contributed by atoms with Gasteiger partial charge in [-0.2, -0.15) is 0 Å². The molecule has 2 N–H and O–H groups in total. The van der Waals surface area contributed by atoms with Crippen LogP contribution in [0.2, 0.25) is 0 Å². The largest absolute Gasteiger partial charge is 0.508 e. The Kier molecular flexibility index (Phi) is 7.08. The van der Waals surface area contributed by atoms with Gasteiger partial charge in [0.05, 0.1) is 11.1 Å². The predicted molar refractivity (Wildman–Crippen MR) is 137 cm³/mol. The number of aliphatic imine (C=N–C) groups is 3. The summed E-state index contributed by atoms with van der Waals surface area (Å²) in [6.45, 7) is 6.90. The first kappa shape index (κ1) is 24.3. The highest BCUT2D eigenvalue weighted by molar-refractivity contribution is 6.25. The van der Waals surface area contributed by atoms with Gasteiger partial charge in [-0.3, -0.25) is 9.98 Å². The van der Waals surface area contributed by atoms with E-state index in [4.69, 9.17) is 6.42 Å². The van der Waals surface area contributed by atoms with Gasteiger partial charge in [-0.1, -0.05) is 12.0 Å². The number of aliphatic hydroxyl groups is 1. The highest BCUT2D eigenvalue weighted by Gasteiger charge is 2.34. The molecule has 0 aliphatic carbocycles. The lowest BCUT2D eigenvalue weighted by atomic mass is 10.0. The zero-order valence-electron chi connectivity index (χ0n) is 19.7. The molecule has 4 rings (SSSR count). The van der Waals surface area contributed by atoms with Gasteiger partial charge in [0, 0.05) is 38.4 Å². The summed E-state index contributed by atoms with van der Waals surface area (Å²) in [4.78, 5) is 14.7. The van der Waals surface area contributed by atoms with Crippen LogP contribution >= 0.6 is 0 Å². The number of terminal acetylenes is 1. The van der Waals surface area contributed by atoms with Crippen molar-refractivity contribution in [1.82, 2.24) is 10.2 Å². The van der Waals surface area contributed by atoms with Gasteiger partial charge in [0.25, 0.3) is 0 Å². The second-order valence-corrected chi connectivity index (χ2v) is 8.65. The lowest BCUT2D eigenvalue weighted by Gasteiger charge is -2.35. The number of piperazine rings is 1. The number of likely N-dealkylation sites (tertiary alicyclic amines) is 1. The zero-order chi connectivity index (χ0) is 25.1. The summed E-state index contributed by atoms with van der Waals surface area (Å²) in [6.07, 6.45) is 13.2. The Balaban J connectivity index is 1.60. The van der Waals surface area contributed by atoms with Crippen molar-refractivity contribution in [2.24, 2.45) is 15.0 Å². The van der Waals surface area contributed by atoms with Gasteiger partial charge in [-0.15, -0.1) is 6.42 Å². The fourth-order valence-electron chi connectivity index (χ4n) is 4.72. The van der Waals surface area contributed by atoms with Crippen molar-refractivity contribution in [1.29, 1.82) is 0 Å². The van der Waals surface area contributed by atoms with Crippen LogP contribution in [-0.4, -0.2) is 60.9 Å². The Morgan fingerprint density at radius 2 is 2.03 bits per heavy atom. The van der Waals surface area contributed by atoms with E-state index in [1.807, 2.05) is 0 Å². The molecule has 35 heavy (non-hydrogen) atoms. The number of allylic oxidation sites excluding steroid dienone is 4. The molecule has 180 valence electrons. The maximum atomic E-state index is 15.4. The molecule has 6 nitrogen and oxygen atoms in total. The monoisotopic (exact) mass is 475 g/mol. The summed E-state index contributed by atoms with van der Waals surface area (Å²) >= 11 is 0. The Labute approximate surface area is 203 Å². The van der Waals surface area contributed by atoms with E-state index in [0.29, 0.717) is 34.6 Å². The summed E-state index contributed by atoms with van der Waals surface area (Å²) in [7, 11) is 1.51. The molecular weight excluding hydrogens is 448 g/mol. The minimum atomic E-state index is -0.624. The minimum absolute atomic E-state index is 0.0123. The van der Waals surface area contributed by atoms with Crippen molar-refractivity contribution in [3.05, 3.63) is 75.5 Å². The molecule has 3 heterocycles. The van der Waals surface area contributed by atoms with E-state index in [1.165, 1.54) is 43.6 Å². The van der Waals surface area contributed by atoms with Crippen molar-refractivity contribution in [3.8, 4) is 12.3 Å². The van der Waals surface area contributed by atoms with Crippen LogP contribution in [0.3, 0.4) is 0 Å². The van der Waals surface area contributed by atoms with Gasteiger partial charge in [0.15, 0.2) is 5.83 Å². The van der Waals surface area contributed by atoms with Crippen LogP contribution in [0.15, 0.2) is 67.9 Å². The zero-order valence-corrected chi connectivity index (χ0v) is 19.7. The molecule has 2 atom stereocenters. The molecule has 0 radical (unpaired) electrons. The fourth-order valence-corrected chi connectivity index (χ4v) is 4.72. The number of fused-ring (bicyclic) bond motifs is 2. The minimum Gasteiger partial charge on any atom is -0.508 e. The quantitative estimate of drug-likeness (QED) is 0.289. The second-order valence-electron chi connectivity index (χ2n) is 8.65. The van der Waals surface area contributed by atoms with Gasteiger partial charge >= 0.3 is 0 Å². The van der Waals surface area contributed by atoms with Gasteiger partial charge in [-0.05, 0) is 61.9 Å². The molecule has 8 heteroatoms. The van der Waals surface area contributed by atoms with Crippen molar-refractivity contribution in [3.63, 3.8) is 0 Å². The van der Waals surface area contributed by atoms with Crippen LogP contribution in [0.4, 0.5) is 8.78 Å². The molecular formula is C27H27F2N5O. The third-order valence-electron chi connectivity index (χ3n) is 6.47. The maximum Gasteiger partial charge on any atom is 0.174 e. The molecule has 0 aromatic heterocycles. The van der Waals surface area contributed by atoms with E-state index in [1.54, 1.807) is 6.92 Å². The molecule has 2 bridgehead atoms. The smallest absolute Gasteiger partial charge is 0.174 e. The first-order valence-corrected chi connectivity index (χ1v) is 11.3. The number of hydrogen-bond donors (Lipinski definition) is 2. The van der Waals surface area contributed by atoms with Crippen LogP contribution in [0.5, 0.6) is 0 Å². The van der Waals surface area contributed by atoms with Gasteiger partial charge in [0.2, 0.25) is 0 Å². The summed E-state index contributed by atoms with van der Waals surface area (Å²) in [5, 5.41) is 13.9. The number of aliphatic hydroxyl groups excluding tert-OH is 1. The van der Waals surface area contributed by atoms with Crippen LogP contribution in [0, 0.1) is 25.1 Å². The van der Waals surface area contributed by atoms with Crippen molar-refractivity contribution in [2.75, 3.05) is 20.1 Å². The van der Waals surface area contributed by atoms with E-state index in [-0.39, 0.29) is 22.7 Å². The topological polar surface area (TPSA) is 72.6 Å². The van der Waals surface area contributed by atoms with E-state index in [9.17, 15) is 9.50 Å². The fraction of sp³-hybridized carbons (Fsp3) is 0.296. The summed E-state index contributed by atoms with van der Waals surface area (Å²) in [6, 6.07) is 3.51. The van der Waals surface area contributed by atoms with E-state index < -0.39 is 11.6 Å². The van der Waals surface area contributed by atoms with Gasteiger partial charge < -0.3 is 15.3 Å². The molecule has 0 amide bonds. The molecule has 0 saturated carbocycles. The Bertz CT molecular complexity index is 1270. The molecule has 2 fully saturated rings. The number of nitrogens with zero attached hydrogens (tertiary/aromatic N) is 4. The average Bonchev–Trinajstić information content (AvgIpc) is 3.19. The second kappa shape index (κ2) is 10.2. The summed E-state index contributed by atoms with van der Waals surface area (Å²) < 4.78 is 29.2. The number of benzene rings is 1. The van der Waals surface area contributed by atoms with E-state index in [2.05, 4.69) is 37.8 Å². The van der Waals surface area contributed by atoms with Gasteiger partial charge in [-0.25, -0.2) is 13.8 Å². The van der Waals surface area contributed by atoms with E-state index >= 15 is 4.39 Å². The molecule has 1 aromatic carbocycles. The van der Waals surface area contributed by atoms with E-state index in [0.717, 1.165) is 25.9 Å². The molecule has 2 saturated heterocycles. The first-order chi connectivity index (χ1) is 16.9. The number of hydrogen-bond acceptors (Lipinski definition) is 6. The normalized spacial score (nSPS) is 24.9. The molecule has 3 aliphatic heterocycles. The van der Waals surface area contributed by atoms with Crippen molar-refractivity contribution in [2.45, 2.75) is 31.8 Å². The number of nitrogens with one attached hydrogen (secondary N) is 1. The number of rotatable bonds is 5. The Morgan fingerprint density at radius 1 is 1.31 bits per heavy atom. The predicted octanol–water partition coefficient (Wildman–Crippen LogP) is 4.26. The van der Waals surface area contributed by atoms with Crippen LogP contribution in [0.25, 0.3) is 6.08 Å². The third kappa shape index (κ3) is 4.86. The van der Waals surface area contributed by atoms with Gasteiger partial charge in [0.1, 0.15) is 28.8 Å². The highest BCUT2D eigenvalue weighted by Crippen LogP contribution is 2.29. The van der Waals surface area contributed by atoms with Crippen LogP contribution in [0.1, 0.15) is 29.5 Å². The lowest BCUT2D eigenvalue weighted by Crippen LogP contribution is -2.50. The molecule has 1 aromatic rings. The molecule has 2 unspecified atom stereocenters. The standard InChI is InChI=1S/C27H27F2N5O/c1-5-21-16(2)17(6-10-23(21)28)12-20(35)9-11-24-25(29)26(30-3)22(13-32-24)27(31-4)34-14-18-7-8-19(15-34)33-18/h1,6,9-13,18-19,33,35H,4,7-8,14-15H2,2-3H3/b11-9+,20-12+,27-22+,30-26?.